The van der Waals surface area contributed by atoms with Gasteiger partial charge in [-0.15, -0.1) is 11.3 Å². The summed E-state index contributed by atoms with van der Waals surface area (Å²) < 4.78 is 5.45. The highest BCUT2D eigenvalue weighted by Gasteiger charge is 2.22. The fraction of sp³-hybridized carbons (Fsp3) is 0.316. The molecule has 1 aliphatic rings. The molecule has 0 bridgehead atoms. The van der Waals surface area contributed by atoms with Crippen molar-refractivity contribution in [1.82, 2.24) is 9.97 Å². The van der Waals surface area contributed by atoms with Crippen LogP contribution in [0.3, 0.4) is 0 Å². The molecule has 0 aliphatic carbocycles. The molecule has 3 aromatic rings. The molecule has 0 atom stereocenters. The Bertz CT molecular complexity index is 963. The Morgan fingerprint density at radius 2 is 2.04 bits per heavy atom. The first-order valence-corrected chi connectivity index (χ1v) is 9.46. The minimum Gasteiger partial charge on any atom is -0.378 e. The molecule has 0 spiro atoms. The summed E-state index contributed by atoms with van der Waals surface area (Å²) in [5.41, 5.74) is 2.65. The number of benzene rings is 1. The van der Waals surface area contributed by atoms with Crippen molar-refractivity contribution in [2.24, 2.45) is 0 Å². The smallest absolute Gasteiger partial charge is 0.293 e. The minimum atomic E-state index is -0.295. The van der Waals surface area contributed by atoms with Crippen molar-refractivity contribution >= 4 is 39.7 Å². The zero-order chi connectivity index (χ0) is 18.1. The van der Waals surface area contributed by atoms with Gasteiger partial charge in [0.2, 0.25) is 5.82 Å². The van der Waals surface area contributed by atoms with Crippen LogP contribution >= 0.6 is 11.3 Å². The molecule has 0 saturated carbocycles. The minimum absolute atomic E-state index is 0.193. The van der Waals surface area contributed by atoms with E-state index >= 15 is 0 Å². The zero-order valence-electron chi connectivity index (χ0n) is 14.8. The van der Waals surface area contributed by atoms with Crippen LogP contribution in [0.2, 0.25) is 0 Å². The molecule has 1 saturated heterocycles. The first-order chi connectivity index (χ1) is 12.6. The Kier molecular flexibility index (Phi) is 4.57. The molecule has 3 heterocycles. The molecule has 1 N–H and O–H groups in total. The Labute approximate surface area is 155 Å². The van der Waals surface area contributed by atoms with Crippen molar-refractivity contribution in [3.8, 4) is 0 Å². The molecule has 4 rings (SSSR count). The van der Waals surface area contributed by atoms with Gasteiger partial charge in [-0.1, -0.05) is 12.1 Å². The van der Waals surface area contributed by atoms with Crippen LogP contribution in [0, 0.1) is 13.8 Å². The van der Waals surface area contributed by atoms with E-state index in [9.17, 15) is 4.79 Å². The number of nitrogens with zero attached hydrogens (tertiary/aromatic N) is 3. The fourth-order valence-corrected chi connectivity index (χ4v) is 3.88. The number of aromatic nitrogens is 2. The number of nitrogens with one attached hydrogen (secondary N) is 1. The standard InChI is InChI=1S/C19H20N4O2S/c1-12-4-3-5-14(10-12)20-19(24)17-21-15-11-26-13(2)16(15)18(22-17)23-6-8-25-9-7-23/h3-5,10-11H,6-9H2,1-2H3,(H,20,24). The lowest BCUT2D eigenvalue weighted by molar-refractivity contribution is 0.101. The van der Waals surface area contributed by atoms with E-state index in [1.807, 2.05) is 36.6 Å². The number of anilines is 2. The number of rotatable bonds is 3. The van der Waals surface area contributed by atoms with Gasteiger partial charge in [-0.25, -0.2) is 9.97 Å². The van der Waals surface area contributed by atoms with E-state index < -0.39 is 0 Å². The normalized spacial score (nSPS) is 14.6. The van der Waals surface area contributed by atoms with Crippen LogP contribution in [0.4, 0.5) is 11.5 Å². The first-order valence-electron chi connectivity index (χ1n) is 8.58. The summed E-state index contributed by atoms with van der Waals surface area (Å²) in [6.45, 7) is 6.91. The topological polar surface area (TPSA) is 67.4 Å². The van der Waals surface area contributed by atoms with Gasteiger partial charge in [0.05, 0.1) is 24.1 Å². The van der Waals surface area contributed by atoms with E-state index in [0.29, 0.717) is 13.2 Å². The predicted molar refractivity (Wildman–Crippen MR) is 104 cm³/mol. The highest BCUT2D eigenvalue weighted by atomic mass is 32.1. The summed E-state index contributed by atoms with van der Waals surface area (Å²) in [5.74, 6) is 0.723. The molecule has 1 fully saturated rings. The van der Waals surface area contributed by atoms with Crippen LogP contribution in [-0.2, 0) is 4.74 Å². The molecular weight excluding hydrogens is 348 g/mol. The number of hydrogen-bond acceptors (Lipinski definition) is 6. The number of aryl methyl sites for hydroxylation is 2. The van der Waals surface area contributed by atoms with Crippen LogP contribution < -0.4 is 10.2 Å². The fourth-order valence-electron chi connectivity index (χ4n) is 3.11. The molecule has 1 aliphatic heterocycles. The van der Waals surface area contributed by atoms with Crippen molar-refractivity contribution in [1.29, 1.82) is 0 Å². The zero-order valence-corrected chi connectivity index (χ0v) is 15.6. The Morgan fingerprint density at radius 1 is 1.23 bits per heavy atom. The maximum Gasteiger partial charge on any atom is 0.293 e. The summed E-state index contributed by atoms with van der Waals surface area (Å²) in [4.78, 5) is 25.2. The summed E-state index contributed by atoms with van der Waals surface area (Å²) in [7, 11) is 0. The summed E-state index contributed by atoms with van der Waals surface area (Å²) >= 11 is 1.63. The molecule has 0 radical (unpaired) electrons. The number of thiophene rings is 1. The van der Waals surface area contributed by atoms with Crippen molar-refractivity contribution in [3.05, 3.63) is 45.9 Å². The Balaban J connectivity index is 1.72. The number of fused-ring (bicyclic) bond motifs is 1. The largest absolute Gasteiger partial charge is 0.378 e. The number of morpholine rings is 1. The summed E-state index contributed by atoms with van der Waals surface area (Å²) in [6.07, 6.45) is 0. The average Bonchev–Trinajstić information content (AvgIpc) is 3.03. The maximum atomic E-state index is 12.7. The van der Waals surface area contributed by atoms with E-state index in [2.05, 4.69) is 27.1 Å². The van der Waals surface area contributed by atoms with Crippen molar-refractivity contribution < 1.29 is 9.53 Å². The van der Waals surface area contributed by atoms with Crippen LogP contribution in [0.15, 0.2) is 29.6 Å². The van der Waals surface area contributed by atoms with Gasteiger partial charge in [0.25, 0.3) is 5.91 Å². The van der Waals surface area contributed by atoms with E-state index in [0.717, 1.165) is 45.9 Å². The highest BCUT2D eigenvalue weighted by molar-refractivity contribution is 7.11. The first kappa shape index (κ1) is 16.9. The third kappa shape index (κ3) is 3.27. The second-order valence-electron chi connectivity index (χ2n) is 6.35. The van der Waals surface area contributed by atoms with Gasteiger partial charge in [-0.05, 0) is 31.5 Å². The van der Waals surface area contributed by atoms with Crippen LogP contribution in [0.5, 0.6) is 0 Å². The lowest BCUT2D eigenvalue weighted by atomic mass is 10.2. The number of ether oxygens (including phenoxy) is 1. The average molecular weight is 368 g/mol. The third-order valence-electron chi connectivity index (χ3n) is 4.41. The quantitative estimate of drug-likeness (QED) is 0.767. The van der Waals surface area contributed by atoms with Crippen molar-refractivity contribution in [2.45, 2.75) is 13.8 Å². The van der Waals surface area contributed by atoms with Crippen LogP contribution in [0.1, 0.15) is 21.1 Å². The van der Waals surface area contributed by atoms with Gasteiger partial charge < -0.3 is 15.0 Å². The van der Waals surface area contributed by atoms with Gasteiger partial charge in [0, 0.05) is 29.0 Å². The van der Waals surface area contributed by atoms with Crippen LogP contribution in [0.25, 0.3) is 10.9 Å². The number of carbonyl (C=O) groups excluding carboxylic acids is 1. The van der Waals surface area contributed by atoms with E-state index in [-0.39, 0.29) is 11.7 Å². The van der Waals surface area contributed by atoms with Crippen molar-refractivity contribution in [2.75, 3.05) is 36.5 Å². The molecule has 2 aromatic heterocycles. The molecule has 0 unspecified atom stereocenters. The second kappa shape index (κ2) is 7.01. The third-order valence-corrected chi connectivity index (χ3v) is 5.31. The number of amides is 1. The molecule has 1 amide bonds. The van der Waals surface area contributed by atoms with E-state index in [1.54, 1.807) is 11.3 Å². The Hall–Kier alpha value is -2.51. The Morgan fingerprint density at radius 3 is 2.81 bits per heavy atom. The predicted octanol–water partition coefficient (Wildman–Crippen LogP) is 3.40. The monoisotopic (exact) mass is 368 g/mol. The molecule has 134 valence electrons. The SMILES string of the molecule is Cc1cccc(NC(=O)c2nc(N3CCOCC3)c3c(C)scc3n2)c1. The molecule has 1 aromatic carbocycles. The summed E-state index contributed by atoms with van der Waals surface area (Å²) in [6, 6.07) is 7.69. The summed E-state index contributed by atoms with van der Waals surface area (Å²) in [5, 5.41) is 5.91. The van der Waals surface area contributed by atoms with Crippen molar-refractivity contribution in [3.63, 3.8) is 0 Å². The highest BCUT2D eigenvalue weighted by Crippen LogP contribution is 2.32. The van der Waals surface area contributed by atoms with Gasteiger partial charge in [0.1, 0.15) is 5.82 Å². The van der Waals surface area contributed by atoms with Gasteiger partial charge >= 0.3 is 0 Å². The molecule has 26 heavy (non-hydrogen) atoms. The van der Waals surface area contributed by atoms with E-state index in [4.69, 9.17) is 4.74 Å². The van der Waals surface area contributed by atoms with Crippen LogP contribution in [-0.4, -0.2) is 42.2 Å². The number of carbonyl (C=O) groups is 1. The maximum absolute atomic E-state index is 12.7. The molecule has 7 heteroatoms. The van der Waals surface area contributed by atoms with Gasteiger partial charge in [-0.2, -0.15) is 0 Å². The van der Waals surface area contributed by atoms with Gasteiger partial charge in [0.15, 0.2) is 0 Å². The molecule has 6 nitrogen and oxygen atoms in total. The van der Waals surface area contributed by atoms with Gasteiger partial charge in [-0.3, -0.25) is 4.79 Å². The number of hydrogen-bond donors (Lipinski definition) is 1. The van der Waals surface area contributed by atoms with E-state index in [1.165, 1.54) is 0 Å². The molecular formula is C19H20N4O2S. The second-order valence-corrected chi connectivity index (χ2v) is 7.43. The lowest BCUT2D eigenvalue weighted by Crippen LogP contribution is -2.37. The lowest BCUT2D eigenvalue weighted by Gasteiger charge is -2.28.